The summed E-state index contributed by atoms with van der Waals surface area (Å²) in [4.78, 5) is 12.4. The Hall–Kier alpha value is -0.650. The first-order valence-electron chi connectivity index (χ1n) is 4.88. The zero-order valence-corrected chi connectivity index (χ0v) is 8.19. The van der Waals surface area contributed by atoms with E-state index in [2.05, 4.69) is 4.90 Å². The summed E-state index contributed by atoms with van der Waals surface area (Å²) in [6, 6.07) is 0. The van der Waals surface area contributed by atoms with Crippen molar-refractivity contribution in [1.29, 1.82) is 0 Å². The molecule has 1 aliphatic heterocycles. The molecule has 1 heterocycles. The molecule has 0 amide bonds. The minimum absolute atomic E-state index is 0.162. The Labute approximate surface area is 83.3 Å². The lowest BCUT2D eigenvalue weighted by molar-refractivity contribution is -0.139. The van der Waals surface area contributed by atoms with Crippen LogP contribution in [-0.4, -0.2) is 60.0 Å². The number of aliphatic hydroxyl groups excluding tert-OH is 1. The average molecular weight is 203 g/mol. The third kappa shape index (κ3) is 4.55. The van der Waals surface area contributed by atoms with E-state index in [4.69, 9.17) is 9.84 Å². The van der Waals surface area contributed by atoms with Crippen molar-refractivity contribution in [3.05, 3.63) is 0 Å². The van der Waals surface area contributed by atoms with Crippen molar-refractivity contribution in [2.45, 2.75) is 18.9 Å². The molecule has 0 aromatic heterocycles. The summed E-state index contributed by atoms with van der Waals surface area (Å²) < 4.78 is 5.17. The molecule has 0 bridgehead atoms. The second-order valence-corrected chi connectivity index (χ2v) is 3.49. The monoisotopic (exact) mass is 203 g/mol. The summed E-state index contributed by atoms with van der Waals surface area (Å²) >= 11 is 0. The number of rotatable bonds is 5. The fourth-order valence-corrected chi connectivity index (χ4v) is 1.46. The third-order valence-corrected chi connectivity index (χ3v) is 2.29. The van der Waals surface area contributed by atoms with Gasteiger partial charge in [-0.25, -0.2) is 0 Å². The van der Waals surface area contributed by atoms with Gasteiger partial charge < -0.3 is 14.9 Å². The van der Waals surface area contributed by atoms with Crippen molar-refractivity contribution in [2.24, 2.45) is 0 Å². The van der Waals surface area contributed by atoms with Gasteiger partial charge in [-0.2, -0.15) is 0 Å². The highest BCUT2D eigenvalue weighted by Crippen LogP contribution is 2.03. The second-order valence-electron chi connectivity index (χ2n) is 3.49. The van der Waals surface area contributed by atoms with Gasteiger partial charge in [0.1, 0.15) is 0 Å². The predicted molar refractivity (Wildman–Crippen MR) is 50.1 cm³/mol. The normalized spacial score (nSPS) is 20.6. The highest BCUT2D eigenvalue weighted by atomic mass is 16.5. The number of hydrogen-bond donors (Lipinski definition) is 2. The van der Waals surface area contributed by atoms with E-state index in [0.717, 1.165) is 32.8 Å². The van der Waals surface area contributed by atoms with E-state index >= 15 is 0 Å². The third-order valence-electron chi connectivity index (χ3n) is 2.29. The van der Waals surface area contributed by atoms with Crippen LogP contribution >= 0.6 is 0 Å². The first kappa shape index (κ1) is 11.4. The molecule has 14 heavy (non-hydrogen) atoms. The Morgan fingerprint density at radius 1 is 1.43 bits per heavy atom. The zero-order valence-electron chi connectivity index (χ0n) is 8.19. The van der Waals surface area contributed by atoms with Gasteiger partial charge in [0.2, 0.25) is 0 Å². The minimum atomic E-state index is -0.945. The van der Waals surface area contributed by atoms with Gasteiger partial charge in [-0.3, -0.25) is 9.69 Å². The Morgan fingerprint density at radius 3 is 2.64 bits per heavy atom. The van der Waals surface area contributed by atoms with Gasteiger partial charge in [0.25, 0.3) is 0 Å². The highest BCUT2D eigenvalue weighted by molar-refractivity contribution is 5.67. The molecule has 0 spiro atoms. The van der Waals surface area contributed by atoms with E-state index in [0.29, 0.717) is 6.42 Å². The van der Waals surface area contributed by atoms with Crippen LogP contribution in [-0.2, 0) is 9.53 Å². The van der Waals surface area contributed by atoms with Crippen molar-refractivity contribution < 1.29 is 19.7 Å². The number of carboxylic acids is 1. The maximum absolute atomic E-state index is 10.3. The van der Waals surface area contributed by atoms with Gasteiger partial charge in [0.05, 0.1) is 25.7 Å². The van der Waals surface area contributed by atoms with Crippen LogP contribution in [0.3, 0.4) is 0 Å². The van der Waals surface area contributed by atoms with Gasteiger partial charge >= 0.3 is 5.97 Å². The van der Waals surface area contributed by atoms with E-state index in [-0.39, 0.29) is 6.42 Å². The minimum Gasteiger partial charge on any atom is -0.481 e. The van der Waals surface area contributed by atoms with Crippen LogP contribution in [0.15, 0.2) is 0 Å². The molecular formula is C9H17NO4. The molecule has 1 atom stereocenters. The maximum atomic E-state index is 10.3. The number of aliphatic hydroxyl groups is 1. The topological polar surface area (TPSA) is 70.0 Å². The fraction of sp³-hybridized carbons (Fsp3) is 0.889. The van der Waals surface area contributed by atoms with Crippen molar-refractivity contribution >= 4 is 5.97 Å². The Morgan fingerprint density at radius 2 is 2.07 bits per heavy atom. The molecule has 82 valence electrons. The van der Waals surface area contributed by atoms with Crippen molar-refractivity contribution in [3.8, 4) is 0 Å². The van der Waals surface area contributed by atoms with E-state index in [1.807, 2.05) is 0 Å². The molecule has 1 fully saturated rings. The molecule has 2 N–H and O–H groups in total. The molecule has 0 aromatic carbocycles. The quantitative estimate of drug-likeness (QED) is 0.633. The number of nitrogens with zero attached hydrogens (tertiary/aromatic N) is 1. The molecule has 0 unspecified atom stereocenters. The summed E-state index contributed by atoms with van der Waals surface area (Å²) in [5, 5.41) is 17.7. The van der Waals surface area contributed by atoms with Gasteiger partial charge in [0.15, 0.2) is 0 Å². The van der Waals surface area contributed by atoms with Crippen molar-refractivity contribution in [1.82, 2.24) is 4.90 Å². The van der Waals surface area contributed by atoms with E-state index in [1.54, 1.807) is 0 Å². The van der Waals surface area contributed by atoms with Crippen LogP contribution in [0.1, 0.15) is 12.8 Å². The van der Waals surface area contributed by atoms with E-state index < -0.39 is 12.1 Å². The number of carboxylic acid groups (broad SMARTS) is 1. The number of aliphatic carboxylic acids is 1. The highest BCUT2D eigenvalue weighted by Gasteiger charge is 2.14. The lowest BCUT2D eigenvalue weighted by Gasteiger charge is -2.27. The summed E-state index contributed by atoms with van der Waals surface area (Å²) in [5.74, 6) is -0.945. The predicted octanol–water partition coefficient (Wildman–Crippen LogP) is -0.456. The number of morpholine rings is 1. The molecular weight excluding hydrogens is 186 g/mol. The molecule has 0 radical (unpaired) electrons. The van der Waals surface area contributed by atoms with Crippen molar-refractivity contribution in [3.63, 3.8) is 0 Å². The number of carbonyl (C=O) groups is 1. The molecule has 1 saturated heterocycles. The maximum Gasteiger partial charge on any atom is 0.305 e. The van der Waals surface area contributed by atoms with Crippen LogP contribution < -0.4 is 0 Å². The van der Waals surface area contributed by atoms with Gasteiger partial charge in [-0.15, -0.1) is 0 Å². The summed E-state index contributed by atoms with van der Waals surface area (Å²) in [7, 11) is 0. The molecule has 5 nitrogen and oxygen atoms in total. The molecule has 5 heteroatoms. The van der Waals surface area contributed by atoms with Gasteiger partial charge in [-0.05, 0) is 6.42 Å². The van der Waals surface area contributed by atoms with Gasteiger partial charge in [-0.1, -0.05) is 0 Å². The van der Waals surface area contributed by atoms with E-state index in [1.165, 1.54) is 0 Å². The largest absolute Gasteiger partial charge is 0.481 e. The van der Waals surface area contributed by atoms with Crippen LogP contribution in [0.5, 0.6) is 0 Å². The second kappa shape index (κ2) is 5.95. The fourth-order valence-electron chi connectivity index (χ4n) is 1.46. The Balaban J connectivity index is 2.09. The van der Waals surface area contributed by atoms with E-state index in [9.17, 15) is 9.90 Å². The smallest absolute Gasteiger partial charge is 0.305 e. The molecule has 1 aliphatic rings. The lowest BCUT2D eigenvalue weighted by Crippen LogP contribution is -2.38. The average Bonchev–Trinajstić information content (AvgIpc) is 2.15. The first-order valence-corrected chi connectivity index (χ1v) is 4.88. The van der Waals surface area contributed by atoms with Crippen LogP contribution in [0.25, 0.3) is 0 Å². The first-order chi connectivity index (χ1) is 6.68. The zero-order chi connectivity index (χ0) is 10.4. The van der Waals surface area contributed by atoms with Crippen LogP contribution in [0.2, 0.25) is 0 Å². The van der Waals surface area contributed by atoms with Crippen molar-refractivity contribution in [2.75, 3.05) is 32.8 Å². The molecule has 0 aromatic rings. The standard InChI is InChI=1S/C9H17NO4/c11-8(7-9(12)13)1-2-10-3-5-14-6-4-10/h8,11H,1-7H2,(H,12,13)/t8-/m1/s1. The Kier molecular flexibility index (Phi) is 4.86. The molecule has 1 rings (SSSR count). The lowest BCUT2D eigenvalue weighted by atomic mass is 10.2. The molecule has 0 aliphatic carbocycles. The SMILES string of the molecule is O=C(O)C[C@H](O)CCN1CCOCC1. The summed E-state index contributed by atoms with van der Waals surface area (Å²) in [6.45, 7) is 3.96. The van der Waals surface area contributed by atoms with Crippen LogP contribution in [0.4, 0.5) is 0 Å². The van der Waals surface area contributed by atoms with Crippen LogP contribution in [0, 0.1) is 0 Å². The number of hydrogen-bond acceptors (Lipinski definition) is 4. The summed E-state index contributed by atoms with van der Waals surface area (Å²) in [5.41, 5.74) is 0. The molecule has 0 saturated carbocycles. The van der Waals surface area contributed by atoms with Gasteiger partial charge in [0, 0.05) is 19.6 Å². The Bertz CT molecular complexity index is 180. The number of ether oxygens (including phenoxy) is 1. The summed E-state index contributed by atoms with van der Waals surface area (Å²) in [6.07, 6.45) is -0.369.